The first-order chi connectivity index (χ1) is 14.8. The average molecular weight is 420 g/mol. The predicted octanol–water partition coefficient (Wildman–Crippen LogP) is 3.67. The molecule has 1 saturated carbocycles. The van der Waals surface area contributed by atoms with E-state index in [1.54, 1.807) is 6.92 Å². The summed E-state index contributed by atoms with van der Waals surface area (Å²) < 4.78 is 17.0. The molecule has 1 heterocycles. The van der Waals surface area contributed by atoms with E-state index < -0.39 is 48.1 Å². The molecule has 0 radical (unpaired) electrons. The van der Waals surface area contributed by atoms with Crippen LogP contribution in [0.25, 0.3) is 10.8 Å². The van der Waals surface area contributed by atoms with E-state index in [2.05, 4.69) is 6.58 Å². The Kier molecular flexibility index (Phi) is 4.61. The molecule has 2 fully saturated rings. The van der Waals surface area contributed by atoms with Crippen LogP contribution in [0.3, 0.4) is 0 Å². The zero-order valence-electron chi connectivity index (χ0n) is 17.5. The minimum atomic E-state index is -1.10. The third kappa shape index (κ3) is 3.12. The molecule has 0 spiro atoms. The molecule has 31 heavy (non-hydrogen) atoms. The number of carbonyl (C=O) groups is 3. The fraction of sp³-hybridized carbons (Fsp3) is 0.400. The third-order valence-corrected chi connectivity index (χ3v) is 6.76. The summed E-state index contributed by atoms with van der Waals surface area (Å²) in [5.41, 5.74) is 2.34. The lowest BCUT2D eigenvalue weighted by molar-refractivity contribution is -0.193. The quantitative estimate of drug-likeness (QED) is 0.325. The van der Waals surface area contributed by atoms with E-state index in [1.165, 1.54) is 0 Å². The van der Waals surface area contributed by atoms with E-state index in [0.717, 1.165) is 21.9 Å². The molecule has 6 atom stereocenters. The molecule has 0 amide bonds. The van der Waals surface area contributed by atoms with E-state index in [1.807, 2.05) is 43.3 Å². The van der Waals surface area contributed by atoms with Gasteiger partial charge in [-0.25, -0.2) is 4.79 Å². The highest BCUT2D eigenvalue weighted by molar-refractivity contribution is 5.97. The van der Waals surface area contributed by atoms with Crippen molar-refractivity contribution in [2.75, 3.05) is 0 Å². The first-order valence-corrected chi connectivity index (χ1v) is 10.6. The van der Waals surface area contributed by atoms with Crippen LogP contribution in [-0.2, 0) is 35.0 Å². The summed E-state index contributed by atoms with van der Waals surface area (Å²) in [7, 11) is 0. The molecule has 3 aliphatic rings. The Morgan fingerprint density at radius 3 is 2.61 bits per heavy atom. The van der Waals surface area contributed by atoms with Crippen molar-refractivity contribution in [3.05, 3.63) is 59.7 Å². The number of ether oxygens (including phenoxy) is 3. The van der Waals surface area contributed by atoms with Crippen LogP contribution in [0.5, 0.6) is 0 Å². The monoisotopic (exact) mass is 420 g/mol. The molecule has 1 saturated heterocycles. The molecule has 160 valence electrons. The molecular weight excluding hydrogens is 396 g/mol. The Morgan fingerprint density at radius 2 is 1.87 bits per heavy atom. The van der Waals surface area contributed by atoms with Crippen LogP contribution in [0, 0.1) is 17.8 Å². The maximum absolute atomic E-state index is 13.2. The maximum Gasteiger partial charge on any atom is 0.333 e. The number of rotatable bonds is 4. The van der Waals surface area contributed by atoms with Gasteiger partial charge in [-0.3, -0.25) is 9.59 Å². The van der Waals surface area contributed by atoms with E-state index in [-0.39, 0.29) is 11.5 Å². The number of hydrogen-bond donors (Lipinski definition) is 0. The Balaban J connectivity index is 1.39. The van der Waals surface area contributed by atoms with Crippen molar-refractivity contribution in [2.45, 2.75) is 45.0 Å². The van der Waals surface area contributed by atoms with Gasteiger partial charge >= 0.3 is 17.9 Å². The minimum Gasteiger partial charge on any atom is -0.457 e. The van der Waals surface area contributed by atoms with Gasteiger partial charge in [0, 0.05) is 23.5 Å². The van der Waals surface area contributed by atoms with Gasteiger partial charge in [-0.05, 0) is 35.6 Å². The van der Waals surface area contributed by atoms with E-state index >= 15 is 0 Å². The number of benzene rings is 2. The van der Waals surface area contributed by atoms with E-state index in [0.29, 0.717) is 12.8 Å². The normalized spacial score (nSPS) is 30.7. The summed E-state index contributed by atoms with van der Waals surface area (Å²) >= 11 is 0. The second-order valence-electron chi connectivity index (χ2n) is 8.90. The van der Waals surface area contributed by atoms with Crippen LogP contribution in [0.4, 0.5) is 0 Å². The molecule has 0 N–H and O–H groups in total. The summed E-state index contributed by atoms with van der Waals surface area (Å²) in [6.07, 6.45) is -0.547. The summed E-state index contributed by atoms with van der Waals surface area (Å²) in [5, 5.41) is 2.21. The summed E-state index contributed by atoms with van der Waals surface area (Å²) in [5.74, 6) is -3.34. The molecule has 0 aromatic heterocycles. The highest BCUT2D eigenvalue weighted by Crippen LogP contribution is 2.46. The molecule has 2 aromatic carbocycles. The fourth-order valence-corrected chi connectivity index (χ4v) is 5.32. The fourth-order valence-electron chi connectivity index (χ4n) is 5.32. The number of hydrogen-bond acceptors (Lipinski definition) is 6. The average Bonchev–Trinajstić information content (AvgIpc) is 3.17. The summed E-state index contributed by atoms with van der Waals surface area (Å²) in [6, 6.07) is 12.0. The molecule has 2 aromatic rings. The Labute approximate surface area is 180 Å². The van der Waals surface area contributed by atoms with Crippen molar-refractivity contribution < 1.29 is 28.6 Å². The van der Waals surface area contributed by atoms with Crippen LogP contribution >= 0.6 is 0 Å². The molecule has 2 aliphatic carbocycles. The van der Waals surface area contributed by atoms with Crippen LogP contribution < -0.4 is 0 Å². The van der Waals surface area contributed by atoms with Crippen molar-refractivity contribution in [3.63, 3.8) is 0 Å². The van der Waals surface area contributed by atoms with Crippen LogP contribution in [0.2, 0.25) is 0 Å². The van der Waals surface area contributed by atoms with Crippen LogP contribution in [0.1, 0.15) is 37.5 Å². The summed E-state index contributed by atoms with van der Waals surface area (Å²) in [6.45, 7) is 7.11. The van der Waals surface area contributed by atoms with Gasteiger partial charge in [0.15, 0.2) is 5.92 Å². The Morgan fingerprint density at radius 1 is 1.13 bits per heavy atom. The second-order valence-corrected chi connectivity index (χ2v) is 8.90. The highest BCUT2D eigenvalue weighted by Gasteiger charge is 2.58. The van der Waals surface area contributed by atoms with Gasteiger partial charge < -0.3 is 14.2 Å². The second kappa shape index (κ2) is 7.22. The van der Waals surface area contributed by atoms with E-state index in [9.17, 15) is 14.4 Å². The van der Waals surface area contributed by atoms with Crippen LogP contribution in [-0.4, -0.2) is 30.1 Å². The molecule has 2 bridgehead atoms. The Hall–Kier alpha value is -3.15. The van der Waals surface area contributed by atoms with Crippen molar-refractivity contribution in [2.24, 2.45) is 17.8 Å². The zero-order chi connectivity index (χ0) is 21.9. The first-order valence-electron chi connectivity index (χ1n) is 10.6. The maximum atomic E-state index is 13.2. The molecule has 6 heteroatoms. The Bertz CT molecular complexity index is 1110. The lowest BCUT2D eigenvalue weighted by atomic mass is 9.87. The number of carbonyl (C=O) groups excluding carboxylic acids is 3. The van der Waals surface area contributed by atoms with Gasteiger partial charge in [-0.15, -0.1) is 0 Å². The lowest BCUT2D eigenvalue weighted by Crippen LogP contribution is -2.49. The van der Waals surface area contributed by atoms with Gasteiger partial charge in [0.25, 0.3) is 0 Å². The highest BCUT2D eigenvalue weighted by atomic mass is 16.6. The lowest BCUT2D eigenvalue weighted by Gasteiger charge is -2.34. The third-order valence-electron chi connectivity index (χ3n) is 6.76. The zero-order valence-corrected chi connectivity index (χ0v) is 17.5. The molecule has 6 nitrogen and oxygen atoms in total. The summed E-state index contributed by atoms with van der Waals surface area (Å²) in [4.78, 5) is 38.0. The van der Waals surface area contributed by atoms with Crippen LogP contribution in [0.15, 0.2) is 48.6 Å². The smallest absolute Gasteiger partial charge is 0.333 e. The van der Waals surface area contributed by atoms with Crippen molar-refractivity contribution in [1.29, 1.82) is 0 Å². The number of esters is 3. The predicted molar refractivity (Wildman–Crippen MR) is 112 cm³/mol. The van der Waals surface area contributed by atoms with Gasteiger partial charge in [-0.1, -0.05) is 49.9 Å². The largest absolute Gasteiger partial charge is 0.457 e. The van der Waals surface area contributed by atoms with Gasteiger partial charge in [0.2, 0.25) is 0 Å². The molecule has 1 aliphatic heterocycles. The van der Waals surface area contributed by atoms with Gasteiger partial charge in [0.05, 0.1) is 0 Å². The van der Waals surface area contributed by atoms with Crippen molar-refractivity contribution in [3.8, 4) is 0 Å². The SMILES string of the molecule is C=C(C)C(=O)OC1C2CC(C)C1OC(=O)C2C(=O)OC1Cc2cccc3cccc1c23. The van der Waals surface area contributed by atoms with Gasteiger partial charge in [-0.2, -0.15) is 0 Å². The molecule has 5 rings (SSSR count). The van der Waals surface area contributed by atoms with Gasteiger partial charge in [0.1, 0.15) is 18.3 Å². The van der Waals surface area contributed by atoms with Crippen molar-refractivity contribution in [1.82, 2.24) is 0 Å². The van der Waals surface area contributed by atoms with E-state index in [4.69, 9.17) is 14.2 Å². The topological polar surface area (TPSA) is 78.9 Å². The minimum absolute atomic E-state index is 0.0147. The molecule has 6 unspecified atom stereocenters. The molecular formula is C25H24O6. The first kappa shape index (κ1) is 19.8. The van der Waals surface area contributed by atoms with Crippen molar-refractivity contribution >= 4 is 28.7 Å². The number of fused-ring (bicyclic) bond motifs is 2. The standard InChI is InChI=1S/C25H24O6/c1-12(2)23(26)31-22-17-10-13(3)21(22)30-25(28)20(17)24(27)29-18-11-15-8-4-6-14-7-5-9-16(18)19(14)15/h4-9,13,17-18,20-22H,1,10-11H2,2-3H3.